The van der Waals surface area contributed by atoms with E-state index in [9.17, 15) is 4.79 Å². The third-order valence-corrected chi connectivity index (χ3v) is 6.54. The summed E-state index contributed by atoms with van der Waals surface area (Å²) < 4.78 is 1.72. The average Bonchev–Trinajstić information content (AvgIpc) is 2.92. The Morgan fingerprint density at radius 1 is 1.12 bits per heavy atom. The van der Waals surface area contributed by atoms with Crippen molar-refractivity contribution in [2.45, 2.75) is 58.4 Å². The third-order valence-electron chi connectivity index (χ3n) is 6.54. The first kappa shape index (κ1) is 15.3. The van der Waals surface area contributed by atoms with E-state index in [0.29, 0.717) is 29.5 Å². The van der Waals surface area contributed by atoms with Crippen molar-refractivity contribution in [1.29, 1.82) is 0 Å². The maximum absolute atomic E-state index is 12.6. The van der Waals surface area contributed by atoms with Crippen molar-refractivity contribution in [3.05, 3.63) is 23.3 Å². The minimum Gasteiger partial charge on any atom is -0.352 e. The van der Waals surface area contributed by atoms with Crippen molar-refractivity contribution in [2.75, 3.05) is 0 Å². The van der Waals surface area contributed by atoms with Gasteiger partial charge in [-0.15, -0.1) is 5.10 Å². The van der Waals surface area contributed by atoms with E-state index in [2.05, 4.69) is 20.4 Å². The van der Waals surface area contributed by atoms with Crippen LogP contribution in [0, 0.1) is 37.5 Å². The van der Waals surface area contributed by atoms with Crippen LogP contribution in [0.3, 0.4) is 0 Å². The highest BCUT2D eigenvalue weighted by atomic mass is 16.1. The topological polar surface area (TPSA) is 72.2 Å². The molecule has 0 unspecified atom stereocenters. The number of amides is 1. The molecule has 0 saturated heterocycles. The first-order valence-electron chi connectivity index (χ1n) is 9.54. The van der Waals surface area contributed by atoms with Crippen LogP contribution in [0.15, 0.2) is 6.07 Å². The lowest BCUT2D eigenvalue weighted by molar-refractivity contribution is -0.124. The minimum absolute atomic E-state index is 0.0581. The normalized spacial score (nSPS) is 33.1. The fraction of sp³-hybridized carbons (Fsp3) is 0.684. The molecule has 6 rings (SSSR count). The van der Waals surface area contributed by atoms with Gasteiger partial charge in [0, 0.05) is 17.4 Å². The van der Waals surface area contributed by atoms with E-state index in [1.54, 1.807) is 4.52 Å². The molecule has 4 saturated carbocycles. The molecule has 4 bridgehead atoms. The summed E-state index contributed by atoms with van der Waals surface area (Å²) in [5, 5.41) is 7.79. The molecule has 6 nitrogen and oxygen atoms in total. The summed E-state index contributed by atoms with van der Waals surface area (Å²) in [6.45, 7) is 3.93. The lowest BCUT2D eigenvalue weighted by atomic mass is 9.54. The number of aromatic nitrogens is 4. The molecule has 0 atom stereocenters. The quantitative estimate of drug-likeness (QED) is 0.931. The standard InChI is InChI=1S/C19H25N5O/c1-10-3-11(2)24-19(20-10)21-16(23-24)9-17(25)22-18-14-5-12-4-13(7-14)8-15(18)6-12/h3,12-15,18H,4-9H2,1-2H3,(H,22,25). The van der Waals surface area contributed by atoms with Crippen LogP contribution in [-0.4, -0.2) is 31.5 Å². The van der Waals surface area contributed by atoms with E-state index >= 15 is 0 Å². The molecular formula is C19H25N5O. The van der Waals surface area contributed by atoms with E-state index in [-0.39, 0.29) is 12.3 Å². The van der Waals surface area contributed by atoms with Gasteiger partial charge in [0.2, 0.25) is 5.91 Å². The van der Waals surface area contributed by atoms with Crippen LogP contribution in [0.1, 0.15) is 49.3 Å². The van der Waals surface area contributed by atoms with Gasteiger partial charge in [-0.25, -0.2) is 9.50 Å². The van der Waals surface area contributed by atoms with Crippen molar-refractivity contribution < 1.29 is 4.79 Å². The van der Waals surface area contributed by atoms with Gasteiger partial charge in [0.25, 0.3) is 5.78 Å². The maximum atomic E-state index is 12.6. The SMILES string of the molecule is Cc1cc(C)n2nc(CC(=O)NC3C4CC5CC(C4)CC3C5)nc2n1. The van der Waals surface area contributed by atoms with Crippen molar-refractivity contribution in [3.63, 3.8) is 0 Å². The van der Waals surface area contributed by atoms with Gasteiger partial charge in [0.1, 0.15) is 0 Å². The monoisotopic (exact) mass is 339 g/mol. The molecule has 6 heteroatoms. The van der Waals surface area contributed by atoms with Crippen LogP contribution in [-0.2, 0) is 11.2 Å². The van der Waals surface area contributed by atoms with Crippen LogP contribution in [0.2, 0.25) is 0 Å². The van der Waals surface area contributed by atoms with E-state index in [4.69, 9.17) is 0 Å². The molecule has 2 heterocycles. The Labute approximate surface area is 147 Å². The van der Waals surface area contributed by atoms with E-state index < -0.39 is 0 Å². The molecule has 0 aromatic carbocycles. The molecule has 4 aliphatic carbocycles. The third kappa shape index (κ3) is 2.62. The number of hydrogen-bond donors (Lipinski definition) is 1. The fourth-order valence-corrected chi connectivity index (χ4v) is 5.82. The largest absolute Gasteiger partial charge is 0.352 e. The van der Waals surface area contributed by atoms with Crippen LogP contribution >= 0.6 is 0 Å². The highest BCUT2D eigenvalue weighted by Gasteiger charge is 2.48. The predicted molar refractivity (Wildman–Crippen MR) is 92.9 cm³/mol. The smallest absolute Gasteiger partial charge is 0.252 e. The molecule has 0 aliphatic heterocycles. The zero-order chi connectivity index (χ0) is 17.1. The van der Waals surface area contributed by atoms with Gasteiger partial charge in [-0.2, -0.15) is 4.98 Å². The number of nitrogens with one attached hydrogen (secondary N) is 1. The maximum Gasteiger partial charge on any atom is 0.252 e. The number of hydrogen-bond acceptors (Lipinski definition) is 4. The van der Waals surface area contributed by atoms with Crippen molar-refractivity contribution in [1.82, 2.24) is 24.9 Å². The summed E-state index contributed by atoms with van der Waals surface area (Å²) in [7, 11) is 0. The highest BCUT2D eigenvalue weighted by molar-refractivity contribution is 5.78. The molecule has 1 amide bonds. The molecule has 4 aliphatic rings. The first-order valence-corrected chi connectivity index (χ1v) is 9.54. The lowest BCUT2D eigenvalue weighted by Gasteiger charge is -2.54. The summed E-state index contributed by atoms with van der Waals surface area (Å²) >= 11 is 0. The van der Waals surface area contributed by atoms with Gasteiger partial charge in [0.15, 0.2) is 5.82 Å². The summed E-state index contributed by atoms with van der Waals surface area (Å²) in [5.74, 6) is 4.43. The Bertz CT molecular complexity index is 814. The summed E-state index contributed by atoms with van der Waals surface area (Å²) in [5.41, 5.74) is 1.91. The second-order valence-corrected chi connectivity index (χ2v) is 8.48. The second-order valence-electron chi connectivity index (χ2n) is 8.48. The number of fused-ring (bicyclic) bond motifs is 1. The minimum atomic E-state index is 0.0581. The van der Waals surface area contributed by atoms with E-state index in [1.165, 1.54) is 32.1 Å². The average molecular weight is 339 g/mol. The second kappa shape index (κ2) is 5.51. The molecule has 25 heavy (non-hydrogen) atoms. The molecule has 0 spiro atoms. The Balaban J connectivity index is 1.30. The van der Waals surface area contributed by atoms with E-state index in [0.717, 1.165) is 23.2 Å². The Morgan fingerprint density at radius 3 is 2.48 bits per heavy atom. The zero-order valence-corrected chi connectivity index (χ0v) is 14.9. The van der Waals surface area contributed by atoms with Crippen molar-refractivity contribution in [2.24, 2.45) is 23.7 Å². The summed E-state index contributed by atoms with van der Waals surface area (Å²) in [6.07, 6.45) is 6.93. The van der Waals surface area contributed by atoms with Gasteiger partial charge in [-0.05, 0) is 75.7 Å². The molecule has 0 radical (unpaired) electrons. The van der Waals surface area contributed by atoms with E-state index in [1.807, 2.05) is 19.9 Å². The highest BCUT2D eigenvalue weighted by Crippen LogP contribution is 2.53. The summed E-state index contributed by atoms with van der Waals surface area (Å²) in [4.78, 5) is 21.4. The predicted octanol–water partition coefficient (Wildman–Crippen LogP) is 2.22. The number of nitrogens with zero attached hydrogens (tertiary/aromatic N) is 4. The number of rotatable bonds is 3. The lowest BCUT2D eigenvalue weighted by Crippen LogP contribution is -2.56. The van der Waals surface area contributed by atoms with Gasteiger partial charge in [-0.3, -0.25) is 4.79 Å². The molecule has 132 valence electrons. The molecule has 2 aromatic heterocycles. The van der Waals surface area contributed by atoms with Crippen LogP contribution < -0.4 is 5.32 Å². The number of aryl methyl sites for hydroxylation is 2. The Kier molecular flexibility index (Phi) is 3.37. The van der Waals surface area contributed by atoms with Gasteiger partial charge >= 0.3 is 0 Å². The van der Waals surface area contributed by atoms with Crippen LogP contribution in [0.4, 0.5) is 0 Å². The summed E-state index contributed by atoms with van der Waals surface area (Å²) in [6, 6.07) is 2.35. The Hall–Kier alpha value is -1.98. The van der Waals surface area contributed by atoms with Gasteiger partial charge in [0.05, 0.1) is 6.42 Å². The van der Waals surface area contributed by atoms with Crippen molar-refractivity contribution >= 4 is 11.7 Å². The molecule has 1 N–H and O–H groups in total. The van der Waals surface area contributed by atoms with Crippen LogP contribution in [0.5, 0.6) is 0 Å². The first-order chi connectivity index (χ1) is 12.0. The number of carbonyl (C=O) groups is 1. The molecule has 4 fully saturated rings. The fourth-order valence-electron chi connectivity index (χ4n) is 5.82. The molecular weight excluding hydrogens is 314 g/mol. The van der Waals surface area contributed by atoms with Gasteiger partial charge in [-0.1, -0.05) is 0 Å². The van der Waals surface area contributed by atoms with Crippen LogP contribution in [0.25, 0.3) is 5.78 Å². The zero-order valence-electron chi connectivity index (χ0n) is 14.9. The van der Waals surface area contributed by atoms with Crippen molar-refractivity contribution in [3.8, 4) is 0 Å². The van der Waals surface area contributed by atoms with Gasteiger partial charge < -0.3 is 5.32 Å². The Morgan fingerprint density at radius 2 is 1.80 bits per heavy atom. The molecule has 2 aromatic rings. The number of carbonyl (C=O) groups excluding carboxylic acids is 1.